The third-order valence-corrected chi connectivity index (χ3v) is 4.73. The lowest BCUT2D eigenvalue weighted by atomic mass is 9.88. The Balaban J connectivity index is 1.91. The van der Waals surface area contributed by atoms with E-state index in [0.29, 0.717) is 17.1 Å². The van der Waals surface area contributed by atoms with Crippen molar-refractivity contribution < 1.29 is 14.0 Å². The predicted molar refractivity (Wildman–Crippen MR) is 80.3 cm³/mol. The molecule has 3 rings (SSSR count). The van der Waals surface area contributed by atoms with E-state index < -0.39 is 11.9 Å². The van der Waals surface area contributed by atoms with Crippen LogP contribution in [0, 0.1) is 17.7 Å². The summed E-state index contributed by atoms with van der Waals surface area (Å²) in [5.41, 5.74) is 0.360. The fraction of sp³-hybridized carbons (Fsp3) is 0.438. The van der Waals surface area contributed by atoms with Gasteiger partial charge in [-0.25, -0.2) is 4.39 Å². The highest BCUT2D eigenvalue weighted by Crippen LogP contribution is 2.41. The van der Waals surface area contributed by atoms with Crippen LogP contribution in [-0.4, -0.2) is 28.0 Å². The molecule has 2 aliphatic rings. The summed E-state index contributed by atoms with van der Waals surface area (Å²) in [5, 5.41) is 0. The number of halogens is 1. The first-order valence-corrected chi connectivity index (χ1v) is 7.50. The number of nitrogens with zero attached hydrogens (tertiary/aromatic N) is 1. The van der Waals surface area contributed by atoms with Crippen LogP contribution < -0.4 is 0 Å². The van der Waals surface area contributed by atoms with E-state index in [-0.39, 0.29) is 23.4 Å². The average molecular weight is 305 g/mol. The van der Waals surface area contributed by atoms with Gasteiger partial charge in [-0.2, -0.15) is 0 Å². The van der Waals surface area contributed by atoms with Crippen molar-refractivity contribution >= 4 is 28.8 Å². The molecule has 1 aliphatic heterocycles. The first-order valence-electron chi connectivity index (χ1n) is 7.09. The number of likely N-dealkylation sites (tertiary alicyclic amines) is 1. The van der Waals surface area contributed by atoms with Crippen molar-refractivity contribution in [2.24, 2.45) is 11.8 Å². The molecule has 1 aromatic carbocycles. The maximum atomic E-state index is 14.1. The number of hydrogen-bond donors (Lipinski definition) is 0. The van der Waals surface area contributed by atoms with Gasteiger partial charge >= 0.3 is 0 Å². The lowest BCUT2D eigenvalue weighted by Crippen LogP contribution is -2.57. The Kier molecular flexibility index (Phi) is 3.61. The number of Topliss-reactive ketones (excluding diaryl/α,β-unsaturated/α-hetero) is 2. The highest BCUT2D eigenvalue weighted by atomic mass is 32.1. The lowest BCUT2D eigenvalue weighted by molar-refractivity contribution is -0.127. The van der Waals surface area contributed by atoms with Gasteiger partial charge < -0.3 is 4.90 Å². The van der Waals surface area contributed by atoms with E-state index in [2.05, 4.69) is 0 Å². The molecule has 3 nitrogen and oxygen atoms in total. The second-order valence-electron chi connectivity index (χ2n) is 5.75. The van der Waals surface area contributed by atoms with E-state index in [4.69, 9.17) is 12.2 Å². The van der Waals surface area contributed by atoms with E-state index in [9.17, 15) is 14.0 Å². The number of thiocarbonyl (C=S) groups is 1. The van der Waals surface area contributed by atoms with Gasteiger partial charge in [-0.15, -0.1) is 0 Å². The van der Waals surface area contributed by atoms with Gasteiger partial charge in [0.1, 0.15) is 17.6 Å². The monoisotopic (exact) mass is 305 g/mol. The molecule has 2 unspecified atom stereocenters. The molecule has 0 bridgehead atoms. The van der Waals surface area contributed by atoms with Gasteiger partial charge in [0.15, 0.2) is 5.78 Å². The Morgan fingerprint density at radius 3 is 2.52 bits per heavy atom. The number of carbonyl (C=O) groups is 2. The van der Waals surface area contributed by atoms with Crippen LogP contribution in [0.15, 0.2) is 24.3 Å². The number of benzene rings is 1. The summed E-state index contributed by atoms with van der Waals surface area (Å²) in [6, 6.07) is 5.63. The van der Waals surface area contributed by atoms with Gasteiger partial charge in [-0.1, -0.05) is 30.4 Å². The number of rotatable bonds is 5. The topological polar surface area (TPSA) is 37.4 Å². The van der Waals surface area contributed by atoms with Gasteiger partial charge in [-0.3, -0.25) is 9.59 Å². The summed E-state index contributed by atoms with van der Waals surface area (Å²) in [6.45, 7) is 1.90. The minimum absolute atomic E-state index is 0.00223. The standard InChI is InChI=1S/C16H16FNO2S/c1-9(19)12-8-18(16(12)21)14(15(20)10-6-7-10)11-4-2-3-5-13(11)17/h2-5,10,12,14H,6-8H2,1H3. The quantitative estimate of drug-likeness (QED) is 0.784. The molecular weight excluding hydrogens is 289 g/mol. The SMILES string of the molecule is CC(=O)C1CN(C(C(=O)C2CC2)c2ccccc2F)C1=S. The van der Waals surface area contributed by atoms with E-state index in [0.717, 1.165) is 12.8 Å². The van der Waals surface area contributed by atoms with Gasteiger partial charge in [0.25, 0.3) is 0 Å². The zero-order valence-corrected chi connectivity index (χ0v) is 12.5. The zero-order valence-electron chi connectivity index (χ0n) is 11.7. The normalized spacial score (nSPS) is 22.7. The first-order chi connectivity index (χ1) is 10.0. The highest BCUT2D eigenvalue weighted by molar-refractivity contribution is 7.80. The second-order valence-corrected chi connectivity index (χ2v) is 6.17. The molecule has 5 heteroatoms. The number of hydrogen-bond acceptors (Lipinski definition) is 3. The smallest absolute Gasteiger partial charge is 0.162 e. The molecule has 21 heavy (non-hydrogen) atoms. The van der Waals surface area contributed by atoms with E-state index in [1.807, 2.05) is 0 Å². The first kappa shape index (κ1) is 14.3. The molecule has 0 spiro atoms. The molecule has 2 fully saturated rings. The van der Waals surface area contributed by atoms with Crippen molar-refractivity contribution in [2.75, 3.05) is 6.54 Å². The van der Waals surface area contributed by atoms with Crippen LogP contribution in [0.5, 0.6) is 0 Å². The van der Waals surface area contributed by atoms with Crippen LogP contribution in [0.2, 0.25) is 0 Å². The third-order valence-electron chi connectivity index (χ3n) is 4.21. The Morgan fingerprint density at radius 1 is 1.33 bits per heavy atom. The van der Waals surface area contributed by atoms with Crippen LogP contribution in [0.3, 0.4) is 0 Å². The molecule has 0 aromatic heterocycles. The molecule has 0 N–H and O–H groups in total. The minimum atomic E-state index is -0.679. The lowest BCUT2D eigenvalue weighted by Gasteiger charge is -2.45. The molecule has 2 atom stereocenters. The van der Waals surface area contributed by atoms with Crippen LogP contribution in [0.1, 0.15) is 31.4 Å². The van der Waals surface area contributed by atoms with Gasteiger partial charge in [0, 0.05) is 18.0 Å². The molecule has 110 valence electrons. The summed E-state index contributed by atoms with van der Waals surface area (Å²) in [5.74, 6) is -0.674. The maximum absolute atomic E-state index is 14.1. The third kappa shape index (κ3) is 2.50. The molecular formula is C16H16FNO2S. The van der Waals surface area contributed by atoms with Gasteiger partial charge in [0.2, 0.25) is 0 Å². The van der Waals surface area contributed by atoms with Crippen LogP contribution in [-0.2, 0) is 9.59 Å². The van der Waals surface area contributed by atoms with E-state index in [1.165, 1.54) is 13.0 Å². The van der Waals surface area contributed by atoms with Crippen molar-refractivity contribution in [1.82, 2.24) is 4.90 Å². The number of carbonyl (C=O) groups excluding carboxylic acids is 2. The summed E-state index contributed by atoms with van der Waals surface area (Å²) >= 11 is 5.28. The Morgan fingerprint density at radius 2 is 2.00 bits per heavy atom. The zero-order chi connectivity index (χ0) is 15.1. The maximum Gasteiger partial charge on any atom is 0.162 e. The average Bonchev–Trinajstić information content (AvgIpc) is 3.27. The predicted octanol–water partition coefficient (Wildman–Crippen LogP) is 2.69. The summed E-state index contributed by atoms with van der Waals surface area (Å²) in [6.07, 6.45) is 1.72. The van der Waals surface area contributed by atoms with Crippen LogP contribution in [0.4, 0.5) is 4.39 Å². The summed E-state index contributed by atoms with van der Waals surface area (Å²) in [4.78, 5) is 26.2. The Hall–Kier alpha value is -1.62. The van der Waals surface area contributed by atoms with Gasteiger partial charge in [-0.05, 0) is 25.8 Å². The molecule has 0 amide bonds. The van der Waals surface area contributed by atoms with Crippen LogP contribution in [0.25, 0.3) is 0 Å². The van der Waals surface area contributed by atoms with Crippen molar-refractivity contribution in [3.05, 3.63) is 35.6 Å². The van der Waals surface area contributed by atoms with Gasteiger partial charge in [0.05, 0.1) is 10.9 Å². The molecule has 1 saturated carbocycles. The summed E-state index contributed by atoms with van der Waals surface area (Å²) < 4.78 is 14.1. The van der Waals surface area contributed by atoms with E-state index in [1.54, 1.807) is 23.1 Å². The minimum Gasteiger partial charge on any atom is -0.350 e. The Bertz CT molecular complexity index is 626. The van der Waals surface area contributed by atoms with E-state index >= 15 is 0 Å². The summed E-state index contributed by atoms with van der Waals surface area (Å²) in [7, 11) is 0. The largest absolute Gasteiger partial charge is 0.350 e. The number of ketones is 2. The molecule has 1 aromatic rings. The fourth-order valence-electron chi connectivity index (χ4n) is 2.75. The molecule has 0 radical (unpaired) electrons. The van der Waals surface area contributed by atoms with Crippen molar-refractivity contribution in [3.63, 3.8) is 0 Å². The molecule has 1 heterocycles. The second kappa shape index (κ2) is 5.30. The fourth-order valence-corrected chi connectivity index (χ4v) is 3.17. The van der Waals surface area contributed by atoms with Crippen molar-refractivity contribution in [2.45, 2.75) is 25.8 Å². The van der Waals surface area contributed by atoms with Crippen LogP contribution >= 0.6 is 12.2 Å². The van der Waals surface area contributed by atoms with Crippen molar-refractivity contribution in [1.29, 1.82) is 0 Å². The highest BCUT2D eigenvalue weighted by Gasteiger charge is 2.46. The Labute approximate surface area is 128 Å². The molecule has 1 saturated heterocycles. The van der Waals surface area contributed by atoms with Crippen molar-refractivity contribution in [3.8, 4) is 0 Å². The molecule has 1 aliphatic carbocycles.